The Hall–Kier alpha value is -2.48. The van der Waals surface area contributed by atoms with Crippen molar-refractivity contribution in [3.05, 3.63) is 82.4 Å². The van der Waals surface area contributed by atoms with Gasteiger partial charge >= 0.3 is 0 Å². The lowest BCUT2D eigenvalue weighted by molar-refractivity contribution is 0.102. The van der Waals surface area contributed by atoms with Crippen LogP contribution in [0.15, 0.2) is 71.2 Å². The minimum atomic E-state index is -0.368. The maximum absolute atomic E-state index is 13.1. The SMILES string of the molecule is O=C(CSc1nnc(-c2cccs2)n1-c1ccc(Cl)cc1)c1ccc(F)cc1. The Kier molecular flexibility index (Phi) is 5.57. The molecule has 2 aromatic carbocycles. The van der Waals surface area contributed by atoms with Gasteiger partial charge in [-0.05, 0) is 60.0 Å². The largest absolute Gasteiger partial charge is 0.293 e. The maximum atomic E-state index is 13.1. The van der Waals surface area contributed by atoms with Crippen LogP contribution < -0.4 is 0 Å². The number of hydrogen-bond acceptors (Lipinski definition) is 5. The molecule has 0 aliphatic rings. The lowest BCUT2D eigenvalue weighted by atomic mass is 10.1. The highest BCUT2D eigenvalue weighted by molar-refractivity contribution is 7.99. The zero-order chi connectivity index (χ0) is 19.5. The molecule has 0 spiro atoms. The van der Waals surface area contributed by atoms with Crippen LogP contribution in [-0.2, 0) is 0 Å². The van der Waals surface area contributed by atoms with Gasteiger partial charge in [0.25, 0.3) is 0 Å². The Morgan fingerprint density at radius 2 is 1.82 bits per heavy atom. The Bertz CT molecular complexity index is 1090. The van der Waals surface area contributed by atoms with Gasteiger partial charge in [-0.2, -0.15) is 0 Å². The van der Waals surface area contributed by atoms with E-state index in [2.05, 4.69) is 10.2 Å². The molecule has 8 heteroatoms. The van der Waals surface area contributed by atoms with E-state index in [1.54, 1.807) is 23.5 Å². The first-order valence-electron chi connectivity index (χ1n) is 8.28. The van der Waals surface area contributed by atoms with Crippen molar-refractivity contribution in [1.82, 2.24) is 14.8 Å². The van der Waals surface area contributed by atoms with Crippen LogP contribution in [0.5, 0.6) is 0 Å². The van der Waals surface area contributed by atoms with Crippen LogP contribution in [0, 0.1) is 5.82 Å². The van der Waals surface area contributed by atoms with Gasteiger partial charge in [0.15, 0.2) is 16.8 Å². The second kappa shape index (κ2) is 8.26. The van der Waals surface area contributed by atoms with Gasteiger partial charge in [0.05, 0.1) is 10.6 Å². The first-order valence-corrected chi connectivity index (χ1v) is 10.5. The number of rotatable bonds is 6. The number of thioether (sulfide) groups is 1. The molecule has 0 fully saturated rings. The molecular weight excluding hydrogens is 417 g/mol. The van der Waals surface area contributed by atoms with Crippen molar-refractivity contribution in [3.63, 3.8) is 0 Å². The summed E-state index contributed by atoms with van der Waals surface area (Å²) >= 11 is 8.87. The van der Waals surface area contributed by atoms with Crippen molar-refractivity contribution in [3.8, 4) is 16.4 Å². The van der Waals surface area contributed by atoms with Crippen molar-refractivity contribution in [2.75, 3.05) is 5.75 Å². The molecule has 0 saturated heterocycles. The fourth-order valence-electron chi connectivity index (χ4n) is 2.60. The van der Waals surface area contributed by atoms with Gasteiger partial charge in [-0.3, -0.25) is 9.36 Å². The summed E-state index contributed by atoms with van der Waals surface area (Å²) in [5.74, 6) is 0.400. The minimum Gasteiger partial charge on any atom is -0.293 e. The molecule has 0 aliphatic heterocycles. The molecule has 0 bridgehead atoms. The third-order valence-corrected chi connectivity index (χ3v) is 6.01. The quantitative estimate of drug-likeness (QED) is 0.288. The summed E-state index contributed by atoms with van der Waals surface area (Å²) in [7, 11) is 0. The van der Waals surface area contributed by atoms with Gasteiger partial charge in [0.1, 0.15) is 5.82 Å². The zero-order valence-corrected chi connectivity index (χ0v) is 16.8. The van der Waals surface area contributed by atoms with Crippen LogP contribution in [-0.4, -0.2) is 26.3 Å². The normalized spacial score (nSPS) is 10.9. The molecule has 2 aromatic heterocycles. The van der Waals surface area contributed by atoms with E-state index < -0.39 is 0 Å². The van der Waals surface area contributed by atoms with E-state index in [9.17, 15) is 9.18 Å². The molecule has 4 nitrogen and oxygen atoms in total. The summed E-state index contributed by atoms with van der Waals surface area (Å²) in [6, 6.07) is 16.8. The Balaban J connectivity index is 1.64. The number of benzene rings is 2. The number of Topliss-reactive ketones (excluding diaryl/α,β-unsaturated/α-hetero) is 1. The van der Waals surface area contributed by atoms with Crippen molar-refractivity contribution in [1.29, 1.82) is 0 Å². The molecule has 0 amide bonds. The number of carbonyl (C=O) groups is 1. The second-order valence-corrected chi connectivity index (χ2v) is 8.14. The lowest BCUT2D eigenvalue weighted by Gasteiger charge is -2.09. The summed E-state index contributed by atoms with van der Waals surface area (Å²) in [6.45, 7) is 0. The van der Waals surface area contributed by atoms with Gasteiger partial charge in [-0.15, -0.1) is 21.5 Å². The first kappa shape index (κ1) is 18.9. The fourth-order valence-corrected chi connectivity index (χ4v) is 4.27. The number of nitrogens with zero attached hydrogens (tertiary/aromatic N) is 3. The Morgan fingerprint density at radius 1 is 1.07 bits per heavy atom. The monoisotopic (exact) mass is 429 g/mol. The maximum Gasteiger partial charge on any atom is 0.196 e. The highest BCUT2D eigenvalue weighted by Crippen LogP contribution is 2.31. The highest BCUT2D eigenvalue weighted by Gasteiger charge is 2.18. The van der Waals surface area contributed by atoms with Crippen molar-refractivity contribution < 1.29 is 9.18 Å². The molecule has 2 heterocycles. The Morgan fingerprint density at radius 3 is 2.50 bits per heavy atom. The van der Waals surface area contributed by atoms with Gasteiger partial charge in [-0.25, -0.2) is 4.39 Å². The van der Waals surface area contributed by atoms with Gasteiger partial charge in [0, 0.05) is 16.3 Å². The molecule has 0 aliphatic carbocycles. The van der Waals surface area contributed by atoms with E-state index >= 15 is 0 Å². The van der Waals surface area contributed by atoms with E-state index in [0.717, 1.165) is 10.6 Å². The summed E-state index contributed by atoms with van der Waals surface area (Å²) in [5, 5.41) is 11.8. The van der Waals surface area contributed by atoms with Crippen molar-refractivity contribution in [2.45, 2.75) is 5.16 Å². The second-order valence-electron chi connectivity index (χ2n) is 5.81. The molecule has 4 rings (SSSR count). The van der Waals surface area contributed by atoms with Crippen LogP contribution >= 0.6 is 34.7 Å². The minimum absolute atomic E-state index is 0.103. The predicted octanol–water partition coefficient (Wildman–Crippen LogP) is 5.76. The van der Waals surface area contributed by atoms with Crippen molar-refractivity contribution >= 4 is 40.5 Å². The first-order chi connectivity index (χ1) is 13.6. The average molecular weight is 430 g/mol. The molecule has 140 valence electrons. The van der Waals surface area contributed by atoms with Gasteiger partial charge in [0.2, 0.25) is 0 Å². The number of carbonyl (C=O) groups excluding carboxylic acids is 1. The third kappa shape index (κ3) is 4.01. The molecule has 0 saturated carbocycles. The number of halogens is 2. The van der Waals surface area contributed by atoms with E-state index in [0.29, 0.717) is 21.6 Å². The number of ketones is 1. The zero-order valence-electron chi connectivity index (χ0n) is 14.4. The molecule has 0 radical (unpaired) electrons. The van der Waals surface area contributed by atoms with Crippen molar-refractivity contribution in [2.24, 2.45) is 0 Å². The molecule has 4 aromatic rings. The number of hydrogen-bond donors (Lipinski definition) is 0. The lowest BCUT2D eigenvalue weighted by Crippen LogP contribution is -2.05. The number of aromatic nitrogens is 3. The van der Waals surface area contributed by atoms with E-state index in [1.165, 1.54) is 36.0 Å². The summed E-state index contributed by atoms with van der Waals surface area (Å²) in [6.07, 6.45) is 0. The van der Waals surface area contributed by atoms with Crippen LogP contribution in [0.3, 0.4) is 0 Å². The third-order valence-electron chi connectivity index (χ3n) is 3.96. The Labute approximate surface area is 174 Å². The van der Waals surface area contributed by atoms with E-state index in [-0.39, 0.29) is 17.4 Å². The molecule has 0 N–H and O–H groups in total. The average Bonchev–Trinajstić information content (AvgIpc) is 3.37. The molecule has 28 heavy (non-hydrogen) atoms. The summed E-state index contributed by atoms with van der Waals surface area (Å²) < 4.78 is 15.0. The molecule has 0 atom stereocenters. The standard InChI is InChI=1S/C20H13ClFN3OS2/c21-14-5-9-16(10-6-14)25-19(18-2-1-11-27-18)23-24-20(25)28-12-17(26)13-3-7-15(22)8-4-13/h1-11H,12H2. The summed E-state index contributed by atoms with van der Waals surface area (Å²) in [4.78, 5) is 13.4. The van der Waals surface area contributed by atoms with Crippen LogP contribution in [0.2, 0.25) is 5.02 Å². The van der Waals surface area contributed by atoms with Crippen LogP contribution in [0.1, 0.15) is 10.4 Å². The number of thiophene rings is 1. The van der Waals surface area contributed by atoms with Crippen LogP contribution in [0.4, 0.5) is 4.39 Å². The fraction of sp³-hybridized carbons (Fsp3) is 0.0500. The van der Waals surface area contributed by atoms with Gasteiger partial charge in [-0.1, -0.05) is 29.4 Å². The van der Waals surface area contributed by atoms with Crippen LogP contribution in [0.25, 0.3) is 16.4 Å². The molecule has 0 unspecified atom stereocenters. The predicted molar refractivity (Wildman–Crippen MR) is 111 cm³/mol. The smallest absolute Gasteiger partial charge is 0.196 e. The summed E-state index contributed by atoms with van der Waals surface area (Å²) in [5.41, 5.74) is 1.32. The van der Waals surface area contributed by atoms with E-state index in [4.69, 9.17) is 11.6 Å². The topological polar surface area (TPSA) is 47.8 Å². The molecular formula is C20H13ClFN3OS2. The van der Waals surface area contributed by atoms with E-state index in [1.807, 2.05) is 34.2 Å². The van der Waals surface area contributed by atoms with Gasteiger partial charge < -0.3 is 0 Å². The highest BCUT2D eigenvalue weighted by atomic mass is 35.5.